The van der Waals surface area contributed by atoms with Crippen molar-refractivity contribution in [3.05, 3.63) is 0 Å². The van der Waals surface area contributed by atoms with E-state index in [0.717, 1.165) is 57.6 Å². The summed E-state index contributed by atoms with van der Waals surface area (Å²) < 4.78 is 23.3. The first kappa shape index (κ1) is 23.2. The predicted molar refractivity (Wildman–Crippen MR) is 123 cm³/mol. The average molecular weight is 513 g/mol. The van der Waals surface area contributed by atoms with Crippen molar-refractivity contribution in [2.75, 3.05) is 50.8 Å². The number of halogens is 1. The van der Waals surface area contributed by atoms with Crippen LogP contribution in [0.3, 0.4) is 0 Å². The average Bonchev–Trinajstić information content (AvgIpc) is 3.02. The number of hydrogen-bond acceptors (Lipinski definition) is 4. The fourth-order valence-electron chi connectivity index (χ4n) is 4.48. The van der Waals surface area contributed by atoms with Gasteiger partial charge in [0, 0.05) is 45.3 Å². The molecule has 2 heterocycles. The summed E-state index contributed by atoms with van der Waals surface area (Å²) >= 11 is 0. The molecule has 2 saturated heterocycles. The highest BCUT2D eigenvalue weighted by Crippen LogP contribution is 2.23. The fourth-order valence-corrected chi connectivity index (χ4v) is 6.33. The normalized spacial score (nSPS) is 27.4. The number of piperazine rings is 1. The molecule has 0 aromatic carbocycles. The van der Waals surface area contributed by atoms with Crippen LogP contribution < -0.4 is 5.32 Å². The van der Waals surface area contributed by atoms with Crippen LogP contribution in [0.4, 0.5) is 0 Å². The maximum absolute atomic E-state index is 11.7. The van der Waals surface area contributed by atoms with Crippen molar-refractivity contribution in [1.82, 2.24) is 15.1 Å². The van der Waals surface area contributed by atoms with Gasteiger partial charge in [0.05, 0.1) is 11.5 Å². The summed E-state index contributed by atoms with van der Waals surface area (Å²) in [6.07, 6.45) is 8.75. The third-order valence-corrected chi connectivity index (χ3v) is 7.90. The van der Waals surface area contributed by atoms with Gasteiger partial charge in [-0.05, 0) is 31.6 Å². The molecule has 1 aliphatic carbocycles. The highest BCUT2D eigenvalue weighted by atomic mass is 127. The second-order valence-corrected chi connectivity index (χ2v) is 10.4. The molecule has 3 aliphatic rings. The first-order valence-electron chi connectivity index (χ1n) is 10.5. The van der Waals surface area contributed by atoms with Crippen LogP contribution >= 0.6 is 24.0 Å². The summed E-state index contributed by atoms with van der Waals surface area (Å²) in [5, 5.41) is 3.49. The SMILES string of the molecule is CCCNC(=NCC1CCS(=O)(=O)C1)N1CCN(C2CCCCC2)CC1.I. The maximum Gasteiger partial charge on any atom is 0.194 e. The molecular weight excluding hydrogens is 475 g/mol. The first-order chi connectivity index (χ1) is 12.6. The Morgan fingerprint density at radius 2 is 1.78 bits per heavy atom. The minimum absolute atomic E-state index is 0. The van der Waals surface area contributed by atoms with Crippen molar-refractivity contribution in [2.45, 2.75) is 57.9 Å². The summed E-state index contributed by atoms with van der Waals surface area (Å²) in [5.74, 6) is 1.83. The Kier molecular flexibility index (Phi) is 9.61. The highest BCUT2D eigenvalue weighted by Gasteiger charge is 2.29. The Hall–Kier alpha value is -0.0900. The quantitative estimate of drug-likeness (QED) is 0.348. The van der Waals surface area contributed by atoms with Crippen LogP contribution in [0.25, 0.3) is 0 Å². The number of sulfone groups is 1. The van der Waals surface area contributed by atoms with Gasteiger partial charge in [-0.15, -0.1) is 24.0 Å². The van der Waals surface area contributed by atoms with Gasteiger partial charge in [0.15, 0.2) is 15.8 Å². The van der Waals surface area contributed by atoms with E-state index in [2.05, 4.69) is 22.0 Å². The van der Waals surface area contributed by atoms with E-state index < -0.39 is 9.84 Å². The largest absolute Gasteiger partial charge is 0.356 e. The smallest absolute Gasteiger partial charge is 0.194 e. The van der Waals surface area contributed by atoms with E-state index in [4.69, 9.17) is 4.99 Å². The monoisotopic (exact) mass is 512 g/mol. The third kappa shape index (κ3) is 7.03. The van der Waals surface area contributed by atoms with Gasteiger partial charge in [0.1, 0.15) is 0 Å². The minimum atomic E-state index is -2.81. The number of guanidine groups is 1. The summed E-state index contributed by atoms with van der Waals surface area (Å²) in [6, 6.07) is 0.790. The van der Waals surface area contributed by atoms with Crippen molar-refractivity contribution >= 4 is 39.8 Å². The fraction of sp³-hybridized carbons (Fsp3) is 0.947. The van der Waals surface area contributed by atoms with E-state index in [-0.39, 0.29) is 29.9 Å². The summed E-state index contributed by atoms with van der Waals surface area (Å²) in [7, 11) is -2.81. The van der Waals surface area contributed by atoms with Gasteiger partial charge in [0.2, 0.25) is 0 Å². The van der Waals surface area contributed by atoms with Crippen LogP contribution in [-0.2, 0) is 9.84 Å². The zero-order chi connectivity index (χ0) is 18.4. The molecular formula is C19H37IN4O2S. The van der Waals surface area contributed by atoms with E-state index in [9.17, 15) is 8.42 Å². The zero-order valence-electron chi connectivity index (χ0n) is 16.7. The molecule has 8 heteroatoms. The molecule has 0 aromatic heterocycles. The molecule has 27 heavy (non-hydrogen) atoms. The molecule has 2 aliphatic heterocycles. The van der Waals surface area contributed by atoms with Gasteiger partial charge in [0.25, 0.3) is 0 Å². The number of rotatable bonds is 5. The van der Waals surface area contributed by atoms with Crippen molar-refractivity contribution in [3.63, 3.8) is 0 Å². The van der Waals surface area contributed by atoms with Crippen molar-refractivity contribution in [2.24, 2.45) is 10.9 Å². The van der Waals surface area contributed by atoms with Crippen LogP contribution in [0, 0.1) is 5.92 Å². The van der Waals surface area contributed by atoms with Gasteiger partial charge < -0.3 is 10.2 Å². The van der Waals surface area contributed by atoms with Crippen LogP contribution in [-0.4, -0.2) is 81.0 Å². The molecule has 0 aromatic rings. The number of nitrogens with one attached hydrogen (secondary N) is 1. The molecule has 0 radical (unpaired) electrons. The molecule has 6 nitrogen and oxygen atoms in total. The lowest BCUT2D eigenvalue weighted by Gasteiger charge is -2.41. The van der Waals surface area contributed by atoms with Crippen LogP contribution in [0.1, 0.15) is 51.9 Å². The van der Waals surface area contributed by atoms with Crippen LogP contribution in [0.5, 0.6) is 0 Å². The van der Waals surface area contributed by atoms with E-state index in [1.807, 2.05) is 0 Å². The zero-order valence-corrected chi connectivity index (χ0v) is 19.9. The number of hydrogen-bond donors (Lipinski definition) is 1. The lowest BCUT2D eigenvalue weighted by atomic mass is 9.94. The summed E-state index contributed by atoms with van der Waals surface area (Å²) in [4.78, 5) is 9.87. The van der Waals surface area contributed by atoms with Gasteiger partial charge in [-0.2, -0.15) is 0 Å². The molecule has 3 fully saturated rings. The molecule has 1 saturated carbocycles. The predicted octanol–water partition coefficient (Wildman–Crippen LogP) is 2.35. The summed E-state index contributed by atoms with van der Waals surface area (Å²) in [6.45, 7) is 8.00. The second kappa shape index (κ2) is 11.2. The topological polar surface area (TPSA) is 65.0 Å². The Bertz CT molecular complexity index is 570. The van der Waals surface area contributed by atoms with E-state index in [1.54, 1.807) is 0 Å². The Morgan fingerprint density at radius 3 is 2.37 bits per heavy atom. The number of nitrogens with zero attached hydrogens (tertiary/aromatic N) is 3. The molecule has 158 valence electrons. The minimum Gasteiger partial charge on any atom is -0.356 e. The standard InChI is InChI=1S/C19H36N4O2S.HI/c1-2-9-20-19(21-15-17-8-14-26(24,25)16-17)23-12-10-22(11-13-23)18-6-4-3-5-7-18;/h17-18H,2-16H2,1H3,(H,20,21);1H. The molecule has 3 rings (SSSR count). The van der Waals surface area contributed by atoms with Gasteiger partial charge in [-0.3, -0.25) is 9.89 Å². The second-order valence-electron chi connectivity index (χ2n) is 8.17. The molecule has 1 atom stereocenters. The Balaban J connectivity index is 0.00000261. The molecule has 1 N–H and O–H groups in total. The lowest BCUT2D eigenvalue weighted by Crippen LogP contribution is -2.55. The van der Waals surface area contributed by atoms with Crippen molar-refractivity contribution < 1.29 is 8.42 Å². The van der Waals surface area contributed by atoms with Crippen molar-refractivity contribution in [1.29, 1.82) is 0 Å². The van der Waals surface area contributed by atoms with E-state index >= 15 is 0 Å². The van der Waals surface area contributed by atoms with Crippen LogP contribution in [0.15, 0.2) is 4.99 Å². The Labute approximate surface area is 182 Å². The van der Waals surface area contributed by atoms with Crippen LogP contribution in [0.2, 0.25) is 0 Å². The van der Waals surface area contributed by atoms with E-state index in [0.29, 0.717) is 18.1 Å². The van der Waals surface area contributed by atoms with Gasteiger partial charge in [-0.25, -0.2) is 8.42 Å². The first-order valence-corrected chi connectivity index (χ1v) is 12.4. The third-order valence-electron chi connectivity index (χ3n) is 6.06. The lowest BCUT2D eigenvalue weighted by molar-refractivity contribution is 0.106. The van der Waals surface area contributed by atoms with Gasteiger partial charge >= 0.3 is 0 Å². The number of aliphatic imine (C=N–C) groups is 1. The van der Waals surface area contributed by atoms with E-state index in [1.165, 1.54) is 32.1 Å². The molecule has 0 spiro atoms. The van der Waals surface area contributed by atoms with Crippen molar-refractivity contribution in [3.8, 4) is 0 Å². The molecule has 1 unspecified atom stereocenters. The molecule has 0 bridgehead atoms. The highest BCUT2D eigenvalue weighted by molar-refractivity contribution is 14.0. The molecule has 0 amide bonds. The van der Waals surface area contributed by atoms with Gasteiger partial charge in [-0.1, -0.05) is 26.2 Å². The Morgan fingerprint density at radius 1 is 1.07 bits per heavy atom. The maximum atomic E-state index is 11.7. The summed E-state index contributed by atoms with van der Waals surface area (Å²) in [5.41, 5.74) is 0.